The van der Waals surface area contributed by atoms with Crippen molar-refractivity contribution in [2.75, 3.05) is 13.2 Å². The van der Waals surface area contributed by atoms with Crippen molar-refractivity contribution >= 4 is 17.8 Å². The van der Waals surface area contributed by atoms with Gasteiger partial charge >= 0.3 is 18.1 Å². The van der Waals surface area contributed by atoms with Crippen molar-refractivity contribution in [3.8, 4) is 28.3 Å². The van der Waals surface area contributed by atoms with Gasteiger partial charge in [-0.3, -0.25) is 9.59 Å². The lowest BCUT2D eigenvalue weighted by Crippen LogP contribution is -2.45. The Bertz CT molecular complexity index is 1280. The zero-order valence-corrected chi connectivity index (χ0v) is 23.9. The number of nitrogens with zero attached hydrogens (tertiary/aromatic N) is 1. The summed E-state index contributed by atoms with van der Waals surface area (Å²) in [5.41, 5.74) is 9.53. The Hall–Kier alpha value is -4.45. The Kier molecular flexibility index (Phi) is 13.1. The highest BCUT2D eigenvalue weighted by Gasteiger charge is 2.38. The number of carboxylic acids is 2. The lowest BCUT2D eigenvalue weighted by atomic mass is 9.87. The summed E-state index contributed by atoms with van der Waals surface area (Å²) in [7, 11) is 0. The quantitative estimate of drug-likeness (QED) is 0.186. The van der Waals surface area contributed by atoms with Gasteiger partial charge in [-0.15, -0.1) is 0 Å². The number of alkyl halides is 3. The van der Waals surface area contributed by atoms with Crippen LogP contribution < -0.4 is 15.8 Å². The van der Waals surface area contributed by atoms with Crippen LogP contribution in [0.25, 0.3) is 22.4 Å². The molecule has 1 aromatic heterocycles. The summed E-state index contributed by atoms with van der Waals surface area (Å²) in [6.45, 7) is 5.09. The molecule has 0 radical (unpaired) electrons. The first kappa shape index (κ1) is 34.7. The number of hydrogen-bond donors (Lipinski definition) is 4. The Morgan fingerprint density at radius 2 is 1.47 bits per heavy atom. The van der Waals surface area contributed by atoms with Crippen LogP contribution in [-0.2, 0) is 14.4 Å². The molecule has 0 saturated heterocycles. The molecule has 1 unspecified atom stereocenters. The summed E-state index contributed by atoms with van der Waals surface area (Å²) < 4.78 is 37.8. The molecule has 43 heavy (non-hydrogen) atoms. The number of ether oxygens (including phenoxy) is 1. The minimum absolute atomic E-state index is 0.148. The molecule has 0 fully saturated rings. The first-order valence-corrected chi connectivity index (χ1v) is 13.5. The third kappa shape index (κ3) is 12.9. The number of nitrogens with two attached hydrogens (primary N) is 1. The molecule has 3 aromatic rings. The number of aromatic nitrogens is 1. The smallest absolute Gasteiger partial charge is 0.481 e. The van der Waals surface area contributed by atoms with Crippen molar-refractivity contribution in [1.29, 1.82) is 0 Å². The molecule has 232 valence electrons. The van der Waals surface area contributed by atoms with E-state index in [4.69, 9.17) is 30.5 Å². The molecular weight excluding hydrogens is 567 g/mol. The number of rotatable bonds is 13. The summed E-state index contributed by atoms with van der Waals surface area (Å²) in [6.07, 6.45) is -2.84. The first-order valence-electron chi connectivity index (χ1n) is 13.5. The molecule has 0 bridgehead atoms. The van der Waals surface area contributed by atoms with E-state index in [1.807, 2.05) is 54.6 Å². The summed E-state index contributed by atoms with van der Waals surface area (Å²) in [6, 6.07) is 23.2. The molecule has 9 nitrogen and oxygen atoms in total. The minimum atomic E-state index is -5.08. The molecule has 1 atom stereocenters. The maximum Gasteiger partial charge on any atom is 0.490 e. The highest BCUT2D eigenvalue weighted by atomic mass is 19.4. The SMILES string of the molecule is CC(C)(CCCCOc1cc(-c2ccccc2)cc(-c2ccccc2)n1)CNC(=O)C(N)CC(=O)O.O=C(O)C(F)(F)F. The van der Waals surface area contributed by atoms with Crippen molar-refractivity contribution in [1.82, 2.24) is 10.3 Å². The molecule has 2 aromatic carbocycles. The van der Waals surface area contributed by atoms with Crippen LogP contribution in [0.15, 0.2) is 72.8 Å². The van der Waals surface area contributed by atoms with E-state index in [1.54, 1.807) is 0 Å². The van der Waals surface area contributed by atoms with Crippen molar-refractivity contribution in [2.24, 2.45) is 11.1 Å². The van der Waals surface area contributed by atoms with Crippen LogP contribution in [0.4, 0.5) is 13.2 Å². The van der Waals surface area contributed by atoms with Crippen molar-refractivity contribution in [2.45, 2.75) is 51.7 Å². The third-order valence-corrected chi connectivity index (χ3v) is 6.19. The van der Waals surface area contributed by atoms with E-state index < -0.39 is 30.1 Å². The van der Waals surface area contributed by atoms with Gasteiger partial charge in [0.2, 0.25) is 11.8 Å². The van der Waals surface area contributed by atoms with E-state index >= 15 is 0 Å². The van der Waals surface area contributed by atoms with Gasteiger partial charge in [-0.1, -0.05) is 74.5 Å². The van der Waals surface area contributed by atoms with Crippen LogP contribution in [0.1, 0.15) is 39.5 Å². The van der Waals surface area contributed by atoms with Crippen molar-refractivity contribution < 1.29 is 42.5 Å². The lowest BCUT2D eigenvalue weighted by molar-refractivity contribution is -0.192. The number of amides is 1. The summed E-state index contributed by atoms with van der Waals surface area (Å²) in [5, 5.41) is 18.7. The van der Waals surface area contributed by atoms with Gasteiger partial charge in [-0.25, -0.2) is 9.78 Å². The number of carbonyl (C=O) groups is 3. The largest absolute Gasteiger partial charge is 0.490 e. The fourth-order valence-electron chi connectivity index (χ4n) is 3.84. The predicted octanol–water partition coefficient (Wildman–Crippen LogP) is 5.54. The zero-order chi connectivity index (χ0) is 32.0. The Labute approximate surface area is 247 Å². The van der Waals surface area contributed by atoms with Gasteiger partial charge in [0.25, 0.3) is 0 Å². The van der Waals surface area contributed by atoms with E-state index in [2.05, 4.69) is 37.4 Å². The maximum atomic E-state index is 12.0. The molecule has 0 aliphatic rings. The average molecular weight is 604 g/mol. The molecule has 1 amide bonds. The molecule has 12 heteroatoms. The summed E-state index contributed by atoms with van der Waals surface area (Å²) >= 11 is 0. The van der Waals surface area contributed by atoms with Crippen LogP contribution in [-0.4, -0.2) is 58.4 Å². The second kappa shape index (κ2) is 16.3. The Balaban J connectivity index is 0.000000821. The Morgan fingerprint density at radius 3 is 2.00 bits per heavy atom. The van der Waals surface area contributed by atoms with Gasteiger partial charge in [-0.05, 0) is 41.9 Å². The normalized spacial score (nSPS) is 12.0. The first-order chi connectivity index (χ1) is 20.2. The number of halogens is 3. The highest BCUT2D eigenvalue weighted by molar-refractivity contribution is 5.85. The molecule has 3 rings (SSSR count). The number of nitrogens with one attached hydrogen (secondary N) is 1. The number of aliphatic carboxylic acids is 2. The van der Waals surface area contributed by atoms with Gasteiger partial charge in [0.05, 0.1) is 24.8 Å². The molecule has 1 heterocycles. The van der Waals surface area contributed by atoms with Gasteiger partial charge in [0, 0.05) is 18.2 Å². The molecule has 0 aliphatic heterocycles. The fourth-order valence-corrected chi connectivity index (χ4v) is 3.84. The van der Waals surface area contributed by atoms with Gasteiger partial charge in [-0.2, -0.15) is 13.2 Å². The molecule has 5 N–H and O–H groups in total. The number of unbranched alkanes of at least 4 members (excludes halogenated alkanes) is 1. The average Bonchev–Trinajstić information content (AvgIpc) is 2.96. The molecule has 0 spiro atoms. The van der Waals surface area contributed by atoms with E-state index in [9.17, 15) is 22.8 Å². The Morgan fingerprint density at radius 1 is 0.907 bits per heavy atom. The highest BCUT2D eigenvalue weighted by Crippen LogP contribution is 2.29. The number of pyridine rings is 1. The van der Waals surface area contributed by atoms with Crippen LogP contribution in [0.5, 0.6) is 5.88 Å². The zero-order valence-electron chi connectivity index (χ0n) is 23.9. The van der Waals surface area contributed by atoms with E-state index in [0.717, 1.165) is 41.6 Å². The summed E-state index contributed by atoms with van der Waals surface area (Å²) in [5.74, 6) is -3.69. The van der Waals surface area contributed by atoms with E-state index in [0.29, 0.717) is 19.0 Å². The number of benzene rings is 2. The van der Waals surface area contributed by atoms with Crippen LogP contribution in [0.2, 0.25) is 0 Å². The monoisotopic (exact) mass is 603 g/mol. The topological polar surface area (TPSA) is 152 Å². The van der Waals surface area contributed by atoms with Crippen molar-refractivity contribution in [3.05, 3.63) is 72.8 Å². The van der Waals surface area contributed by atoms with Gasteiger partial charge in [0.1, 0.15) is 0 Å². The third-order valence-electron chi connectivity index (χ3n) is 6.19. The second-order valence-corrected chi connectivity index (χ2v) is 10.5. The van der Waals surface area contributed by atoms with Crippen LogP contribution in [0.3, 0.4) is 0 Å². The van der Waals surface area contributed by atoms with Crippen LogP contribution in [0, 0.1) is 5.41 Å². The van der Waals surface area contributed by atoms with Crippen LogP contribution >= 0.6 is 0 Å². The lowest BCUT2D eigenvalue weighted by Gasteiger charge is -2.25. The molecule has 0 saturated carbocycles. The second-order valence-electron chi connectivity index (χ2n) is 10.5. The van der Waals surface area contributed by atoms with Gasteiger partial charge in [0.15, 0.2) is 0 Å². The number of carbonyl (C=O) groups excluding carboxylic acids is 1. The predicted molar refractivity (Wildman–Crippen MR) is 155 cm³/mol. The summed E-state index contributed by atoms with van der Waals surface area (Å²) in [4.78, 5) is 36.4. The molecule has 0 aliphatic carbocycles. The number of hydrogen-bond acceptors (Lipinski definition) is 6. The standard InChI is InChI=1S/C29H35N3O4.C2HF3O2/c1-29(2,20-31-28(35)24(30)19-27(33)34)15-9-10-16-36-26-18-23(21-11-5-3-6-12-21)17-25(32-26)22-13-7-4-8-14-22;3-2(4,5)1(6)7/h3-8,11-14,17-18,24H,9-10,15-16,19-20,30H2,1-2H3,(H,31,35)(H,33,34);(H,6,7). The van der Waals surface area contributed by atoms with Crippen molar-refractivity contribution in [3.63, 3.8) is 0 Å². The fraction of sp³-hybridized carbons (Fsp3) is 0.355. The van der Waals surface area contributed by atoms with Gasteiger partial charge < -0.3 is 26.0 Å². The van der Waals surface area contributed by atoms with E-state index in [-0.39, 0.29) is 11.8 Å². The number of carboxylic acid groups (broad SMARTS) is 2. The van der Waals surface area contributed by atoms with E-state index in [1.165, 1.54) is 0 Å². The minimum Gasteiger partial charge on any atom is -0.481 e. The maximum absolute atomic E-state index is 12.0. The molecular formula is C31H36F3N3O6.